The number of pyridine rings is 1. The summed E-state index contributed by atoms with van der Waals surface area (Å²) in [6, 6.07) is 8.23. The predicted molar refractivity (Wildman–Crippen MR) is 125 cm³/mol. The predicted octanol–water partition coefficient (Wildman–Crippen LogP) is 4.06. The zero-order valence-corrected chi connectivity index (χ0v) is 19.4. The van der Waals surface area contributed by atoms with Crippen LogP contribution < -0.4 is 4.74 Å². The van der Waals surface area contributed by atoms with Crippen molar-refractivity contribution in [1.82, 2.24) is 34.3 Å². The summed E-state index contributed by atoms with van der Waals surface area (Å²) >= 11 is 0. The maximum absolute atomic E-state index is 13.0. The second kappa shape index (κ2) is 9.00. The maximum atomic E-state index is 13.0. The molecule has 0 bridgehead atoms. The van der Waals surface area contributed by atoms with Crippen LogP contribution in [0.15, 0.2) is 55.1 Å². The number of benzene rings is 1. The lowest BCUT2D eigenvalue weighted by Crippen LogP contribution is -2.07. The van der Waals surface area contributed by atoms with E-state index in [1.807, 2.05) is 0 Å². The average molecular weight is 509 g/mol. The van der Waals surface area contributed by atoms with Crippen LogP contribution in [0.25, 0.3) is 33.8 Å². The Kier molecular flexibility index (Phi) is 5.82. The number of fused-ring (bicyclic) bond motifs is 1. The van der Waals surface area contributed by atoms with E-state index >= 15 is 0 Å². The zero-order chi connectivity index (χ0) is 26.3. The Balaban J connectivity index is 1.47. The van der Waals surface area contributed by atoms with Crippen molar-refractivity contribution in [1.29, 1.82) is 0 Å². The van der Waals surface area contributed by atoms with Crippen molar-refractivity contribution in [3.63, 3.8) is 0 Å². The van der Waals surface area contributed by atoms with Crippen molar-refractivity contribution in [2.75, 3.05) is 7.11 Å². The summed E-state index contributed by atoms with van der Waals surface area (Å²) in [5.74, 6) is -0.797. The van der Waals surface area contributed by atoms with Crippen LogP contribution in [-0.4, -0.2) is 52.5 Å². The minimum atomic E-state index is -4.52. The number of hydrogen-bond acceptors (Lipinski definition) is 7. The molecule has 0 saturated carbocycles. The molecular weight excluding hydrogens is 491 g/mol. The number of methoxy groups -OCH3 is 1. The summed E-state index contributed by atoms with van der Waals surface area (Å²) in [7, 11) is 2.88. The molecular formula is C24H18F3N7O3. The fraction of sp³-hybridized carbons (Fsp3) is 0.167. The van der Waals surface area contributed by atoms with Crippen molar-refractivity contribution < 1.29 is 27.8 Å². The topological polar surface area (TPSA) is 121 Å². The van der Waals surface area contributed by atoms with E-state index in [2.05, 4.69) is 25.0 Å². The van der Waals surface area contributed by atoms with Crippen LogP contribution in [0.2, 0.25) is 0 Å². The molecule has 10 nitrogen and oxygen atoms in total. The quantitative estimate of drug-likeness (QED) is 0.364. The first-order chi connectivity index (χ1) is 17.7. The molecule has 5 rings (SSSR count). The molecule has 1 aromatic carbocycles. The van der Waals surface area contributed by atoms with Gasteiger partial charge in [0, 0.05) is 31.2 Å². The third-order valence-corrected chi connectivity index (χ3v) is 5.65. The van der Waals surface area contributed by atoms with E-state index in [4.69, 9.17) is 4.74 Å². The van der Waals surface area contributed by atoms with Crippen molar-refractivity contribution in [2.24, 2.45) is 7.05 Å². The molecule has 0 aliphatic carbocycles. The van der Waals surface area contributed by atoms with Gasteiger partial charge in [-0.1, -0.05) is 24.3 Å². The number of aromatic carboxylic acids is 1. The highest BCUT2D eigenvalue weighted by atomic mass is 19.4. The molecule has 0 amide bonds. The number of halogens is 3. The van der Waals surface area contributed by atoms with E-state index in [9.17, 15) is 23.1 Å². The molecule has 0 fully saturated rings. The monoisotopic (exact) mass is 509 g/mol. The molecule has 0 atom stereocenters. The van der Waals surface area contributed by atoms with Crippen molar-refractivity contribution in [3.8, 4) is 28.7 Å². The Morgan fingerprint density at radius 3 is 2.49 bits per heavy atom. The van der Waals surface area contributed by atoms with Crippen molar-refractivity contribution in [2.45, 2.75) is 12.7 Å². The Bertz CT molecular complexity index is 1630. The number of aryl methyl sites for hydroxylation is 1. The largest absolute Gasteiger partial charge is 0.480 e. The van der Waals surface area contributed by atoms with Gasteiger partial charge in [-0.05, 0) is 11.6 Å². The van der Waals surface area contributed by atoms with Gasteiger partial charge in [-0.3, -0.25) is 0 Å². The molecule has 5 aromatic rings. The summed E-state index contributed by atoms with van der Waals surface area (Å²) in [6.45, 7) is 0.296. The van der Waals surface area contributed by atoms with Gasteiger partial charge in [0.1, 0.15) is 5.82 Å². The van der Waals surface area contributed by atoms with Crippen LogP contribution in [-0.2, 0) is 19.8 Å². The number of carboxylic acid groups (broad SMARTS) is 1. The number of hydrogen-bond donors (Lipinski definition) is 1. The highest BCUT2D eigenvalue weighted by Gasteiger charge is 2.34. The summed E-state index contributed by atoms with van der Waals surface area (Å²) in [4.78, 5) is 28.4. The normalized spacial score (nSPS) is 11.7. The summed E-state index contributed by atoms with van der Waals surface area (Å²) in [5, 5.41) is 14.6. The van der Waals surface area contributed by atoms with Crippen LogP contribution in [0.1, 0.15) is 21.6 Å². The third kappa shape index (κ3) is 4.46. The lowest BCUT2D eigenvalue weighted by Gasteiger charge is -2.10. The number of ether oxygens (including phenoxy) is 1. The first kappa shape index (κ1) is 23.9. The third-order valence-electron chi connectivity index (χ3n) is 5.65. The number of imidazole rings is 1. The lowest BCUT2D eigenvalue weighted by atomic mass is 10.1. The van der Waals surface area contributed by atoms with Gasteiger partial charge in [-0.25, -0.2) is 29.4 Å². The van der Waals surface area contributed by atoms with Gasteiger partial charge in [0.2, 0.25) is 5.88 Å². The molecule has 0 spiro atoms. The molecule has 1 N–H and O–H groups in total. The molecule has 0 radical (unpaired) electrons. The van der Waals surface area contributed by atoms with Crippen LogP contribution >= 0.6 is 0 Å². The summed E-state index contributed by atoms with van der Waals surface area (Å²) in [5.41, 5.74) is 0.922. The average Bonchev–Trinajstić information content (AvgIpc) is 3.47. The number of alkyl halides is 3. The second-order valence-electron chi connectivity index (χ2n) is 8.08. The van der Waals surface area contributed by atoms with Crippen molar-refractivity contribution >= 4 is 17.0 Å². The Labute approximate surface area is 207 Å². The minimum absolute atomic E-state index is 0.0594. The molecule has 37 heavy (non-hydrogen) atoms. The Morgan fingerprint density at radius 1 is 1.08 bits per heavy atom. The molecule has 188 valence electrons. The fourth-order valence-electron chi connectivity index (χ4n) is 3.90. The van der Waals surface area contributed by atoms with Gasteiger partial charge in [0.05, 0.1) is 36.4 Å². The van der Waals surface area contributed by atoms with E-state index in [1.54, 1.807) is 35.1 Å². The maximum Gasteiger partial charge on any atom is 0.434 e. The zero-order valence-electron chi connectivity index (χ0n) is 19.4. The number of nitrogens with zero attached hydrogens (tertiary/aromatic N) is 7. The van der Waals surface area contributed by atoms with Gasteiger partial charge in [-0.15, -0.1) is 0 Å². The van der Waals surface area contributed by atoms with Gasteiger partial charge in [-0.2, -0.15) is 18.3 Å². The number of rotatable bonds is 6. The van der Waals surface area contributed by atoms with Crippen LogP contribution in [0.4, 0.5) is 13.2 Å². The van der Waals surface area contributed by atoms with E-state index in [-0.39, 0.29) is 28.7 Å². The summed E-state index contributed by atoms with van der Waals surface area (Å²) < 4.78 is 47.2. The molecule has 13 heteroatoms. The second-order valence-corrected chi connectivity index (χ2v) is 8.08. The molecule has 4 aromatic heterocycles. The smallest absolute Gasteiger partial charge is 0.434 e. The highest BCUT2D eigenvalue weighted by Crippen LogP contribution is 2.32. The summed E-state index contributed by atoms with van der Waals surface area (Å²) in [6.07, 6.45) is 0.861. The molecule has 0 unspecified atom stereocenters. The van der Waals surface area contributed by atoms with E-state index in [0.29, 0.717) is 23.1 Å². The molecule has 0 saturated heterocycles. The molecule has 0 aliphatic rings. The van der Waals surface area contributed by atoms with Gasteiger partial charge in [0.15, 0.2) is 17.2 Å². The Morgan fingerprint density at radius 2 is 1.84 bits per heavy atom. The SMILES string of the molecule is COc1nccc(C(=O)O)c1-c1ncc2cnn(Cc3ccc(-c4nc(C(F)(F)F)cn4C)cc3)c2n1. The number of aromatic nitrogens is 7. The highest BCUT2D eigenvalue weighted by molar-refractivity contribution is 5.96. The molecule has 4 heterocycles. The minimum Gasteiger partial charge on any atom is -0.480 e. The van der Waals surface area contributed by atoms with Crippen LogP contribution in [0, 0.1) is 0 Å². The van der Waals surface area contributed by atoms with Gasteiger partial charge >= 0.3 is 12.1 Å². The number of carbonyl (C=O) groups is 1. The van der Waals surface area contributed by atoms with E-state index < -0.39 is 17.8 Å². The fourth-order valence-corrected chi connectivity index (χ4v) is 3.90. The van der Waals surface area contributed by atoms with Gasteiger partial charge in [0.25, 0.3) is 0 Å². The first-order valence-corrected chi connectivity index (χ1v) is 10.8. The van der Waals surface area contributed by atoms with Crippen molar-refractivity contribution in [3.05, 3.63) is 71.9 Å². The van der Waals surface area contributed by atoms with Gasteiger partial charge < -0.3 is 14.4 Å². The number of carboxylic acids is 1. The van der Waals surface area contributed by atoms with Crippen LogP contribution in [0.3, 0.4) is 0 Å². The first-order valence-electron chi connectivity index (χ1n) is 10.8. The van der Waals surface area contributed by atoms with E-state index in [0.717, 1.165) is 11.8 Å². The van der Waals surface area contributed by atoms with Crippen LogP contribution in [0.5, 0.6) is 5.88 Å². The standard InChI is InChI=1S/C24H18F3N7O3/c1-33-12-17(24(25,26)27)31-20(33)14-5-3-13(4-6-14)11-34-21-15(10-30-34)9-29-19(32-21)18-16(23(35)36)7-8-28-22(18)37-2/h3-10,12H,11H2,1-2H3,(H,35,36). The lowest BCUT2D eigenvalue weighted by molar-refractivity contribution is -0.140. The molecule has 0 aliphatic heterocycles. The Hall–Kier alpha value is -4.81. The van der Waals surface area contributed by atoms with E-state index in [1.165, 1.54) is 37.2 Å².